The molecule has 5 unspecified atom stereocenters. The molecule has 0 N–H and O–H groups in total. The van der Waals surface area contributed by atoms with Gasteiger partial charge in [-0.2, -0.15) is 0 Å². The van der Waals surface area contributed by atoms with Crippen molar-refractivity contribution in [3.63, 3.8) is 0 Å². The predicted octanol–water partition coefficient (Wildman–Crippen LogP) is 3.79. The molecule has 2 aromatic carbocycles. The SMILES string of the molecule is CC(=O)Oc1cc2c(c(OC(C)=O)c1)C(=O)OC(C)CC(=O)OCC(OC(C)=O)CC(=O)OC(C)Cc1cc(OC(C)=O)cc(OC(C)=O)c1C(=O)OC(C)CC(=O)OC(C)C2. The standard InChI is InChI=1S/C42H48O20/c1-20-10-29-14-31(58-24(5)43)16-34(61-27(8)46)39(29)41(51)56-22(3)12-36(48)53-19-33(60-26(7)45)18-38(50)55-21(2)11-30-15-32(59-25(6)44)17-35(62-28(9)47)40(30)42(52)57-23(4)13-37(49)54-20/h14-17,20-23,33H,10-13,18-19H2,1-9H3. The van der Waals surface area contributed by atoms with Gasteiger partial charge in [-0.3, -0.25) is 38.4 Å². The van der Waals surface area contributed by atoms with E-state index < -0.39 is 116 Å². The maximum absolute atomic E-state index is 13.8. The van der Waals surface area contributed by atoms with Crippen LogP contribution in [0.1, 0.15) is 113 Å². The lowest BCUT2D eigenvalue weighted by Crippen LogP contribution is -2.30. The van der Waals surface area contributed by atoms with Crippen LogP contribution in [0, 0.1) is 0 Å². The Balaban J connectivity index is 2.12. The molecule has 1 aliphatic heterocycles. The van der Waals surface area contributed by atoms with Gasteiger partial charge in [-0.25, -0.2) is 9.59 Å². The van der Waals surface area contributed by atoms with Crippen molar-refractivity contribution in [3.8, 4) is 23.0 Å². The largest absolute Gasteiger partial charge is 0.462 e. The molecule has 0 aromatic heterocycles. The first-order valence-electron chi connectivity index (χ1n) is 19.2. The van der Waals surface area contributed by atoms with E-state index in [9.17, 15) is 47.9 Å². The molecule has 0 radical (unpaired) electrons. The fraction of sp³-hybridized carbons (Fsp3) is 0.476. The Morgan fingerprint density at radius 2 is 0.839 bits per heavy atom. The lowest BCUT2D eigenvalue weighted by Gasteiger charge is -2.21. The van der Waals surface area contributed by atoms with E-state index in [1.807, 2.05) is 0 Å². The Hall–Kier alpha value is -6.86. The molecule has 0 fully saturated rings. The molecule has 3 rings (SSSR count). The normalized spacial score (nSPS) is 20.9. The van der Waals surface area contributed by atoms with E-state index in [0.29, 0.717) is 0 Å². The smallest absolute Gasteiger partial charge is 0.342 e. The van der Waals surface area contributed by atoms with Crippen molar-refractivity contribution in [2.24, 2.45) is 0 Å². The molecule has 0 spiro atoms. The minimum Gasteiger partial charge on any atom is -0.462 e. The van der Waals surface area contributed by atoms with E-state index >= 15 is 0 Å². The number of carbonyl (C=O) groups is 10. The molecule has 1 heterocycles. The van der Waals surface area contributed by atoms with Crippen LogP contribution < -0.4 is 18.9 Å². The van der Waals surface area contributed by atoms with Gasteiger partial charge < -0.3 is 47.4 Å². The number of hydrogen-bond donors (Lipinski definition) is 0. The van der Waals surface area contributed by atoms with Crippen LogP contribution in [0.3, 0.4) is 0 Å². The van der Waals surface area contributed by atoms with E-state index in [1.54, 1.807) is 0 Å². The highest BCUT2D eigenvalue weighted by Gasteiger charge is 2.31. The highest BCUT2D eigenvalue weighted by atomic mass is 16.6. The van der Waals surface area contributed by atoms with Gasteiger partial charge in [0.25, 0.3) is 0 Å². The monoisotopic (exact) mass is 872 g/mol. The van der Waals surface area contributed by atoms with Gasteiger partial charge in [-0.05, 0) is 51.0 Å². The van der Waals surface area contributed by atoms with Crippen LogP contribution >= 0.6 is 0 Å². The third-order valence-corrected chi connectivity index (χ3v) is 8.12. The maximum Gasteiger partial charge on any atom is 0.342 e. The van der Waals surface area contributed by atoms with Crippen molar-refractivity contribution >= 4 is 59.7 Å². The Morgan fingerprint density at radius 3 is 1.23 bits per heavy atom. The average molecular weight is 873 g/mol. The summed E-state index contributed by atoms with van der Waals surface area (Å²) in [5, 5.41) is 0. The minimum atomic E-state index is -1.34. The molecule has 2 aromatic rings. The minimum absolute atomic E-state index is 0.0236. The van der Waals surface area contributed by atoms with Crippen molar-refractivity contribution in [1.29, 1.82) is 0 Å². The molecule has 336 valence electrons. The van der Waals surface area contributed by atoms with Gasteiger partial charge in [-0.15, -0.1) is 0 Å². The zero-order valence-electron chi connectivity index (χ0n) is 35.6. The van der Waals surface area contributed by atoms with Crippen molar-refractivity contribution in [3.05, 3.63) is 46.5 Å². The summed E-state index contributed by atoms with van der Waals surface area (Å²) < 4.78 is 53.6. The number of carbonyl (C=O) groups excluding carboxylic acids is 10. The predicted molar refractivity (Wildman–Crippen MR) is 207 cm³/mol. The van der Waals surface area contributed by atoms with Crippen molar-refractivity contribution < 1.29 is 95.3 Å². The van der Waals surface area contributed by atoms with Gasteiger partial charge in [0.05, 0.1) is 19.3 Å². The summed E-state index contributed by atoms with van der Waals surface area (Å²) in [7, 11) is 0. The quantitative estimate of drug-likeness (QED) is 0.235. The van der Waals surface area contributed by atoms with Gasteiger partial charge in [0.1, 0.15) is 71.3 Å². The van der Waals surface area contributed by atoms with Crippen molar-refractivity contribution in [2.45, 2.75) is 125 Å². The summed E-state index contributed by atoms with van der Waals surface area (Å²) >= 11 is 0. The number of esters is 10. The number of hydrogen-bond acceptors (Lipinski definition) is 20. The van der Waals surface area contributed by atoms with Crippen LogP contribution in [0.25, 0.3) is 0 Å². The zero-order valence-corrected chi connectivity index (χ0v) is 35.6. The van der Waals surface area contributed by atoms with E-state index in [-0.39, 0.29) is 58.1 Å². The molecule has 20 nitrogen and oxygen atoms in total. The highest BCUT2D eigenvalue weighted by molar-refractivity contribution is 5.97. The molecule has 0 amide bonds. The second-order valence-corrected chi connectivity index (χ2v) is 14.3. The summed E-state index contributed by atoms with van der Waals surface area (Å²) in [5.41, 5.74) is -0.630. The van der Waals surface area contributed by atoms with Gasteiger partial charge in [-0.1, -0.05) is 0 Å². The van der Waals surface area contributed by atoms with Crippen LogP contribution in [-0.4, -0.2) is 96.8 Å². The Labute approximate surface area is 355 Å². The number of ether oxygens (including phenoxy) is 10. The third-order valence-electron chi connectivity index (χ3n) is 8.12. The summed E-state index contributed by atoms with van der Waals surface area (Å²) in [6.45, 7) is 10.4. The summed E-state index contributed by atoms with van der Waals surface area (Å²) in [6, 6.07) is 4.71. The van der Waals surface area contributed by atoms with E-state index in [1.165, 1.54) is 39.8 Å². The summed E-state index contributed by atoms with van der Waals surface area (Å²) in [4.78, 5) is 127. The zero-order chi connectivity index (χ0) is 46.4. The second kappa shape index (κ2) is 22.7. The van der Waals surface area contributed by atoms with Crippen LogP contribution in [-0.2, 0) is 79.6 Å². The molecule has 5 atom stereocenters. The first kappa shape index (κ1) is 49.5. The van der Waals surface area contributed by atoms with Crippen LogP contribution in [0.5, 0.6) is 23.0 Å². The third kappa shape index (κ3) is 16.3. The van der Waals surface area contributed by atoms with Gasteiger partial charge in [0, 0.05) is 59.6 Å². The van der Waals surface area contributed by atoms with Crippen molar-refractivity contribution in [1.82, 2.24) is 0 Å². The first-order chi connectivity index (χ1) is 29.0. The second-order valence-electron chi connectivity index (χ2n) is 14.3. The molecule has 0 saturated carbocycles. The Morgan fingerprint density at radius 1 is 0.468 bits per heavy atom. The highest BCUT2D eigenvalue weighted by Crippen LogP contribution is 2.34. The maximum atomic E-state index is 13.8. The number of rotatable bonds is 5. The van der Waals surface area contributed by atoms with Crippen molar-refractivity contribution in [2.75, 3.05) is 6.61 Å². The average Bonchev–Trinajstić information content (AvgIpc) is 3.08. The molecule has 62 heavy (non-hydrogen) atoms. The van der Waals surface area contributed by atoms with Gasteiger partial charge >= 0.3 is 59.7 Å². The van der Waals surface area contributed by atoms with E-state index in [4.69, 9.17) is 47.4 Å². The number of fused-ring (bicyclic) bond motifs is 2. The van der Waals surface area contributed by atoms with Gasteiger partial charge in [0.2, 0.25) is 0 Å². The van der Waals surface area contributed by atoms with E-state index in [0.717, 1.165) is 46.8 Å². The molecule has 20 heteroatoms. The van der Waals surface area contributed by atoms with Gasteiger partial charge in [0.15, 0.2) is 0 Å². The lowest BCUT2D eigenvalue weighted by atomic mass is 10.00. The molecular formula is C42H48O20. The van der Waals surface area contributed by atoms with Crippen LogP contribution in [0.2, 0.25) is 0 Å². The van der Waals surface area contributed by atoms with E-state index in [2.05, 4.69) is 0 Å². The lowest BCUT2D eigenvalue weighted by molar-refractivity contribution is -0.164. The molecule has 0 saturated heterocycles. The van der Waals surface area contributed by atoms with Crippen LogP contribution in [0.4, 0.5) is 0 Å². The number of benzene rings is 2. The molecule has 1 aliphatic rings. The molecule has 0 aliphatic carbocycles. The fourth-order valence-electron chi connectivity index (χ4n) is 6.08. The Kier molecular flexibility index (Phi) is 18.1. The summed E-state index contributed by atoms with van der Waals surface area (Å²) in [6.07, 6.45) is -8.00. The Bertz CT molecular complexity index is 2090. The molecule has 0 bridgehead atoms. The summed E-state index contributed by atoms with van der Waals surface area (Å²) in [5.74, 6) is -10.1. The first-order valence-corrected chi connectivity index (χ1v) is 19.2. The van der Waals surface area contributed by atoms with Crippen LogP contribution in [0.15, 0.2) is 24.3 Å². The fourth-order valence-corrected chi connectivity index (χ4v) is 6.08. The topological polar surface area (TPSA) is 263 Å². The number of cyclic esters (lactones) is 5. The molecular weight excluding hydrogens is 824 g/mol.